The maximum Gasteiger partial charge on any atom is 0.244 e. The van der Waals surface area contributed by atoms with Crippen LogP contribution in [0.3, 0.4) is 0 Å². The number of hydrogen-bond donors (Lipinski definition) is 2. The molecule has 1 aromatic carbocycles. The van der Waals surface area contributed by atoms with Gasteiger partial charge in [0.15, 0.2) is 0 Å². The van der Waals surface area contributed by atoms with Crippen LogP contribution in [0.25, 0.3) is 0 Å². The summed E-state index contributed by atoms with van der Waals surface area (Å²) >= 11 is 5.81. The highest BCUT2D eigenvalue weighted by atomic mass is 35.5. The zero-order valence-corrected chi connectivity index (χ0v) is 12.5. The lowest BCUT2D eigenvalue weighted by Gasteiger charge is -2.33. The standard InChI is InChI=1S/C12H16ClFN2O3S/c1-7-2-3-16(6-11(7)17)20(18,19)12-5-10(15)9(14)4-8(12)13/h4-5,7,11,17H,2-3,6,15H2,1H3. The first kappa shape index (κ1) is 15.5. The Bertz CT molecular complexity index is 623. The van der Waals surface area contributed by atoms with Crippen LogP contribution < -0.4 is 5.73 Å². The van der Waals surface area contributed by atoms with Crippen molar-refractivity contribution in [3.63, 3.8) is 0 Å². The van der Waals surface area contributed by atoms with Gasteiger partial charge in [0.25, 0.3) is 0 Å². The third-order valence-corrected chi connectivity index (χ3v) is 5.88. The van der Waals surface area contributed by atoms with E-state index in [1.807, 2.05) is 6.92 Å². The molecule has 3 N–H and O–H groups in total. The molecule has 1 aromatic rings. The Morgan fingerprint density at radius 1 is 1.50 bits per heavy atom. The van der Waals surface area contributed by atoms with Crippen molar-refractivity contribution >= 4 is 27.3 Å². The second-order valence-electron chi connectivity index (χ2n) is 5.00. The molecule has 1 fully saturated rings. The van der Waals surface area contributed by atoms with Crippen molar-refractivity contribution in [2.24, 2.45) is 5.92 Å². The van der Waals surface area contributed by atoms with Crippen LogP contribution in [-0.4, -0.2) is 37.0 Å². The molecular formula is C12H16ClFN2O3S. The number of hydrogen-bond acceptors (Lipinski definition) is 4. The van der Waals surface area contributed by atoms with Crippen LogP contribution in [-0.2, 0) is 10.0 Å². The molecule has 8 heteroatoms. The van der Waals surface area contributed by atoms with E-state index in [9.17, 15) is 17.9 Å². The van der Waals surface area contributed by atoms with E-state index >= 15 is 0 Å². The number of piperidine rings is 1. The van der Waals surface area contributed by atoms with Gasteiger partial charge in [0, 0.05) is 13.1 Å². The van der Waals surface area contributed by atoms with Gasteiger partial charge in [0.2, 0.25) is 10.0 Å². The molecule has 5 nitrogen and oxygen atoms in total. The van der Waals surface area contributed by atoms with E-state index in [0.29, 0.717) is 6.42 Å². The van der Waals surface area contributed by atoms with Crippen molar-refractivity contribution in [1.82, 2.24) is 4.31 Å². The summed E-state index contributed by atoms with van der Waals surface area (Å²) in [5.41, 5.74) is 5.12. The summed E-state index contributed by atoms with van der Waals surface area (Å²) in [6.07, 6.45) is -0.176. The summed E-state index contributed by atoms with van der Waals surface area (Å²) in [5.74, 6) is -0.725. The van der Waals surface area contributed by atoms with Crippen molar-refractivity contribution in [2.45, 2.75) is 24.3 Å². The zero-order valence-electron chi connectivity index (χ0n) is 10.9. The number of halogens is 2. The average molecular weight is 323 g/mol. The molecule has 20 heavy (non-hydrogen) atoms. The van der Waals surface area contributed by atoms with Crippen LogP contribution >= 0.6 is 11.6 Å². The molecule has 0 spiro atoms. The second-order valence-corrected chi connectivity index (χ2v) is 7.31. The van der Waals surface area contributed by atoms with E-state index in [0.717, 1.165) is 16.4 Å². The van der Waals surface area contributed by atoms with Crippen LogP contribution in [0.15, 0.2) is 17.0 Å². The lowest BCUT2D eigenvalue weighted by molar-refractivity contribution is 0.0605. The molecule has 1 aliphatic rings. The quantitative estimate of drug-likeness (QED) is 0.807. The van der Waals surface area contributed by atoms with Gasteiger partial charge in [0.05, 0.1) is 16.8 Å². The molecule has 0 aromatic heterocycles. The van der Waals surface area contributed by atoms with Crippen molar-refractivity contribution in [3.05, 3.63) is 23.0 Å². The topological polar surface area (TPSA) is 83.6 Å². The Balaban J connectivity index is 2.38. The first-order valence-electron chi connectivity index (χ1n) is 6.16. The van der Waals surface area contributed by atoms with Crippen LogP contribution in [0, 0.1) is 11.7 Å². The van der Waals surface area contributed by atoms with Gasteiger partial charge in [-0.25, -0.2) is 12.8 Å². The second kappa shape index (κ2) is 5.48. The average Bonchev–Trinajstić information content (AvgIpc) is 2.36. The number of sulfonamides is 1. The molecule has 1 heterocycles. The molecule has 2 rings (SSSR count). The van der Waals surface area contributed by atoms with E-state index in [2.05, 4.69) is 0 Å². The van der Waals surface area contributed by atoms with E-state index in [4.69, 9.17) is 17.3 Å². The number of nitrogen functional groups attached to an aromatic ring is 1. The molecule has 0 saturated carbocycles. The van der Waals surface area contributed by atoms with Crippen LogP contribution in [0.1, 0.15) is 13.3 Å². The highest BCUT2D eigenvalue weighted by molar-refractivity contribution is 7.89. The predicted molar refractivity (Wildman–Crippen MR) is 74.4 cm³/mol. The molecular weight excluding hydrogens is 307 g/mol. The number of benzene rings is 1. The Hall–Kier alpha value is -0.890. The smallest absolute Gasteiger partial charge is 0.244 e. The molecule has 2 unspecified atom stereocenters. The lowest BCUT2D eigenvalue weighted by atomic mass is 9.98. The maximum atomic E-state index is 13.2. The van der Waals surface area contributed by atoms with Crippen molar-refractivity contribution in [3.8, 4) is 0 Å². The third-order valence-electron chi connectivity index (χ3n) is 3.55. The van der Waals surface area contributed by atoms with Crippen molar-refractivity contribution < 1.29 is 17.9 Å². The van der Waals surface area contributed by atoms with Crippen molar-refractivity contribution in [1.29, 1.82) is 0 Å². The molecule has 2 atom stereocenters. The molecule has 1 aliphatic heterocycles. The SMILES string of the molecule is CC1CCN(S(=O)(=O)c2cc(N)c(F)cc2Cl)CC1O. The fraction of sp³-hybridized carbons (Fsp3) is 0.500. The highest BCUT2D eigenvalue weighted by Crippen LogP contribution is 2.31. The van der Waals surface area contributed by atoms with Gasteiger partial charge in [0.1, 0.15) is 10.7 Å². The van der Waals surface area contributed by atoms with E-state index in [1.54, 1.807) is 0 Å². The fourth-order valence-electron chi connectivity index (χ4n) is 2.12. The summed E-state index contributed by atoms with van der Waals surface area (Å²) < 4.78 is 39.3. The number of β-amino-alcohol motifs (C(OH)–C–C–N with tert-alkyl or cyclic N) is 1. The van der Waals surface area contributed by atoms with Crippen LogP contribution in [0.2, 0.25) is 5.02 Å². The lowest BCUT2D eigenvalue weighted by Crippen LogP contribution is -2.45. The Kier molecular flexibility index (Phi) is 4.24. The fourth-order valence-corrected chi connectivity index (χ4v) is 4.12. The minimum absolute atomic E-state index is 0.00287. The summed E-state index contributed by atoms with van der Waals surface area (Å²) in [7, 11) is -3.89. The van der Waals surface area contributed by atoms with Crippen LogP contribution in [0.5, 0.6) is 0 Å². The first-order chi connectivity index (χ1) is 9.23. The first-order valence-corrected chi connectivity index (χ1v) is 7.98. The minimum atomic E-state index is -3.89. The summed E-state index contributed by atoms with van der Waals surface area (Å²) in [5, 5.41) is 9.58. The monoisotopic (exact) mass is 322 g/mol. The Morgan fingerprint density at radius 3 is 2.75 bits per heavy atom. The number of aliphatic hydroxyl groups is 1. The van der Waals surface area contributed by atoms with Gasteiger partial charge in [-0.05, 0) is 24.5 Å². The van der Waals surface area contributed by atoms with E-state index in [1.165, 1.54) is 0 Å². The predicted octanol–water partition coefficient (Wildman–Crippen LogP) is 1.45. The zero-order chi connectivity index (χ0) is 15.1. The Morgan fingerprint density at radius 2 is 2.15 bits per heavy atom. The van der Waals surface area contributed by atoms with Gasteiger partial charge in [-0.1, -0.05) is 18.5 Å². The molecule has 0 radical (unpaired) electrons. The number of aliphatic hydroxyl groups excluding tert-OH is 1. The number of nitrogens with two attached hydrogens (primary N) is 1. The van der Waals surface area contributed by atoms with E-state index in [-0.39, 0.29) is 34.6 Å². The van der Waals surface area contributed by atoms with Crippen molar-refractivity contribution in [2.75, 3.05) is 18.8 Å². The summed E-state index contributed by atoms with van der Waals surface area (Å²) in [6.45, 7) is 2.14. The number of rotatable bonds is 2. The summed E-state index contributed by atoms with van der Waals surface area (Å²) in [4.78, 5) is -0.236. The third kappa shape index (κ3) is 2.76. The number of nitrogens with zero attached hydrogens (tertiary/aromatic N) is 1. The Labute approximate surface area is 122 Å². The minimum Gasteiger partial charge on any atom is -0.396 e. The molecule has 112 valence electrons. The van der Waals surface area contributed by atoms with Crippen LogP contribution in [0.4, 0.5) is 10.1 Å². The highest BCUT2D eigenvalue weighted by Gasteiger charge is 2.34. The largest absolute Gasteiger partial charge is 0.396 e. The molecule has 1 saturated heterocycles. The molecule has 0 aliphatic carbocycles. The van der Waals surface area contributed by atoms with E-state index < -0.39 is 21.9 Å². The molecule has 0 bridgehead atoms. The number of anilines is 1. The van der Waals surface area contributed by atoms with Gasteiger partial charge < -0.3 is 10.8 Å². The van der Waals surface area contributed by atoms with Gasteiger partial charge in [-0.15, -0.1) is 0 Å². The van der Waals surface area contributed by atoms with Gasteiger partial charge in [-0.2, -0.15) is 4.31 Å². The molecule has 0 amide bonds. The van der Waals surface area contributed by atoms with Gasteiger partial charge >= 0.3 is 0 Å². The van der Waals surface area contributed by atoms with Gasteiger partial charge in [-0.3, -0.25) is 0 Å². The summed E-state index contributed by atoms with van der Waals surface area (Å²) in [6, 6.07) is 1.89. The normalized spacial score (nSPS) is 24.8. The maximum absolute atomic E-state index is 13.2.